The molecular weight excluding hydrogens is 248 g/mol. The Hall–Kier alpha value is -1.60. The van der Waals surface area contributed by atoms with Crippen molar-refractivity contribution in [3.8, 4) is 6.07 Å². The Kier molecular flexibility index (Phi) is 3.88. The highest BCUT2D eigenvalue weighted by atomic mass is 15.2. The van der Waals surface area contributed by atoms with Crippen LogP contribution in [-0.2, 0) is 0 Å². The molecule has 0 saturated carbocycles. The van der Waals surface area contributed by atoms with E-state index in [2.05, 4.69) is 40.0 Å². The van der Waals surface area contributed by atoms with Crippen molar-refractivity contribution in [3.63, 3.8) is 0 Å². The van der Waals surface area contributed by atoms with E-state index in [1.165, 1.54) is 24.9 Å². The molecule has 0 spiro atoms. The molecule has 1 aromatic rings. The largest absolute Gasteiger partial charge is 0.341 e. The number of anilines is 1. The Labute approximate surface area is 121 Å². The van der Waals surface area contributed by atoms with Crippen molar-refractivity contribution in [1.29, 1.82) is 5.26 Å². The number of pyridine rings is 1. The van der Waals surface area contributed by atoms with Gasteiger partial charge in [0.2, 0.25) is 0 Å². The van der Waals surface area contributed by atoms with E-state index in [1.807, 2.05) is 6.20 Å². The van der Waals surface area contributed by atoms with Gasteiger partial charge < -0.3 is 4.90 Å². The minimum absolute atomic E-state index is 0.00347. The molecule has 2 unspecified atom stereocenters. The topological polar surface area (TPSA) is 43.2 Å². The van der Waals surface area contributed by atoms with Gasteiger partial charge in [0, 0.05) is 18.8 Å². The molecule has 0 aromatic carbocycles. The molecule has 0 N–H and O–H groups in total. The fourth-order valence-corrected chi connectivity index (χ4v) is 3.44. The van der Waals surface area contributed by atoms with Crippen LogP contribution in [0.5, 0.6) is 0 Å². The lowest BCUT2D eigenvalue weighted by atomic mass is 10.0. The monoisotopic (exact) mass is 270 g/mol. The Morgan fingerprint density at radius 2 is 2.10 bits per heavy atom. The average molecular weight is 270 g/mol. The molecule has 2 aliphatic heterocycles. The van der Waals surface area contributed by atoms with Crippen molar-refractivity contribution in [3.05, 3.63) is 23.9 Å². The Morgan fingerprint density at radius 1 is 1.20 bits per heavy atom. The maximum Gasteiger partial charge on any atom is 0.129 e. The van der Waals surface area contributed by atoms with Crippen LogP contribution < -0.4 is 4.90 Å². The fraction of sp³-hybridized carbons (Fsp3) is 0.625. The highest BCUT2D eigenvalue weighted by Gasteiger charge is 2.25. The minimum atomic E-state index is -0.00347. The summed E-state index contributed by atoms with van der Waals surface area (Å²) < 4.78 is 0. The van der Waals surface area contributed by atoms with Gasteiger partial charge in [-0.25, -0.2) is 4.98 Å². The van der Waals surface area contributed by atoms with E-state index in [9.17, 15) is 5.26 Å². The summed E-state index contributed by atoms with van der Waals surface area (Å²) in [5.74, 6) is 0.959. The van der Waals surface area contributed by atoms with Gasteiger partial charge in [-0.15, -0.1) is 0 Å². The Morgan fingerprint density at radius 3 is 2.75 bits per heavy atom. The molecule has 2 aliphatic rings. The van der Waals surface area contributed by atoms with E-state index in [-0.39, 0.29) is 6.04 Å². The maximum atomic E-state index is 9.26. The first-order valence-corrected chi connectivity index (χ1v) is 7.62. The predicted octanol–water partition coefficient (Wildman–Crippen LogP) is 2.73. The second kappa shape index (κ2) is 5.80. The number of hydrogen-bond donors (Lipinski definition) is 0. The number of aromatic nitrogens is 1. The predicted molar refractivity (Wildman–Crippen MR) is 79.4 cm³/mol. The maximum absolute atomic E-state index is 9.26. The third-order valence-corrected chi connectivity index (χ3v) is 4.62. The van der Waals surface area contributed by atoms with Gasteiger partial charge in [-0.3, -0.25) is 4.90 Å². The molecule has 3 rings (SSSR count). The summed E-state index contributed by atoms with van der Waals surface area (Å²) in [6, 6.07) is 7.21. The van der Waals surface area contributed by atoms with Gasteiger partial charge in [-0.05, 0) is 57.3 Å². The second-order valence-corrected chi connectivity index (χ2v) is 5.92. The van der Waals surface area contributed by atoms with Crippen LogP contribution in [0.3, 0.4) is 0 Å². The van der Waals surface area contributed by atoms with E-state index in [0.717, 1.165) is 31.6 Å². The fourth-order valence-electron chi connectivity index (χ4n) is 3.44. The molecule has 0 aliphatic carbocycles. The van der Waals surface area contributed by atoms with Crippen LogP contribution in [0.4, 0.5) is 5.82 Å². The summed E-state index contributed by atoms with van der Waals surface area (Å²) in [4.78, 5) is 9.18. The lowest BCUT2D eigenvalue weighted by molar-refractivity contribution is 0.317. The third-order valence-electron chi connectivity index (χ3n) is 4.62. The zero-order valence-corrected chi connectivity index (χ0v) is 12.1. The summed E-state index contributed by atoms with van der Waals surface area (Å²) in [6.07, 6.45) is 7.77. The molecule has 4 nitrogen and oxygen atoms in total. The summed E-state index contributed by atoms with van der Waals surface area (Å²) in [5, 5.41) is 9.26. The molecule has 106 valence electrons. The van der Waals surface area contributed by atoms with Crippen LogP contribution in [-0.4, -0.2) is 36.1 Å². The highest BCUT2D eigenvalue weighted by molar-refractivity contribution is 5.43. The van der Waals surface area contributed by atoms with Crippen LogP contribution in [0.2, 0.25) is 0 Å². The molecule has 2 atom stereocenters. The van der Waals surface area contributed by atoms with Gasteiger partial charge in [-0.1, -0.05) is 6.07 Å². The van der Waals surface area contributed by atoms with Gasteiger partial charge in [0.25, 0.3) is 0 Å². The molecule has 0 amide bonds. The molecule has 2 fully saturated rings. The van der Waals surface area contributed by atoms with Gasteiger partial charge in [-0.2, -0.15) is 5.26 Å². The molecule has 1 aromatic heterocycles. The normalized spacial score (nSPS) is 27.5. The van der Waals surface area contributed by atoms with Gasteiger partial charge in [0.05, 0.1) is 6.07 Å². The number of rotatable bonds is 2. The van der Waals surface area contributed by atoms with Crippen LogP contribution >= 0.6 is 0 Å². The summed E-state index contributed by atoms with van der Waals surface area (Å²) in [7, 11) is 2.18. The van der Waals surface area contributed by atoms with Crippen LogP contribution in [0.25, 0.3) is 0 Å². The number of nitriles is 1. The molecule has 20 heavy (non-hydrogen) atoms. The Balaban J connectivity index is 1.77. The first kappa shape index (κ1) is 13.4. The van der Waals surface area contributed by atoms with Crippen molar-refractivity contribution in [1.82, 2.24) is 9.88 Å². The summed E-state index contributed by atoms with van der Waals surface area (Å²) in [6.45, 7) is 2.13. The molecule has 2 saturated heterocycles. The number of piperidine rings is 1. The third kappa shape index (κ3) is 2.51. The molecule has 0 radical (unpaired) electrons. The second-order valence-electron chi connectivity index (χ2n) is 5.92. The standard InChI is InChI=1S/C16H22N4/c1-19-9-4-6-15(19)13-7-8-16(18-12-13)20-10-3-2-5-14(20)11-17/h7-8,12,14-15H,2-6,9-10H2,1H3. The van der Waals surface area contributed by atoms with Gasteiger partial charge in [0.15, 0.2) is 0 Å². The van der Waals surface area contributed by atoms with Crippen molar-refractivity contribution in [2.24, 2.45) is 0 Å². The molecule has 3 heterocycles. The quantitative estimate of drug-likeness (QED) is 0.828. The number of likely N-dealkylation sites (tertiary alicyclic amines) is 1. The highest BCUT2D eigenvalue weighted by Crippen LogP contribution is 2.31. The lowest BCUT2D eigenvalue weighted by Gasteiger charge is -2.32. The molecular formula is C16H22N4. The van der Waals surface area contributed by atoms with Crippen molar-refractivity contribution in [2.75, 3.05) is 25.0 Å². The minimum Gasteiger partial charge on any atom is -0.341 e. The zero-order chi connectivity index (χ0) is 13.9. The van der Waals surface area contributed by atoms with E-state index in [0.29, 0.717) is 6.04 Å². The number of nitrogens with zero attached hydrogens (tertiary/aromatic N) is 4. The van der Waals surface area contributed by atoms with Crippen LogP contribution in [0.1, 0.15) is 43.7 Å². The zero-order valence-electron chi connectivity index (χ0n) is 12.1. The van der Waals surface area contributed by atoms with E-state index in [1.54, 1.807) is 0 Å². The molecule has 4 heteroatoms. The van der Waals surface area contributed by atoms with Crippen molar-refractivity contribution < 1.29 is 0 Å². The molecule has 0 bridgehead atoms. The van der Waals surface area contributed by atoms with E-state index < -0.39 is 0 Å². The van der Waals surface area contributed by atoms with Crippen LogP contribution in [0.15, 0.2) is 18.3 Å². The number of hydrogen-bond acceptors (Lipinski definition) is 4. The van der Waals surface area contributed by atoms with Crippen molar-refractivity contribution in [2.45, 2.75) is 44.2 Å². The SMILES string of the molecule is CN1CCCC1c1ccc(N2CCCCC2C#N)nc1. The lowest BCUT2D eigenvalue weighted by Crippen LogP contribution is -2.39. The summed E-state index contributed by atoms with van der Waals surface area (Å²) in [5.41, 5.74) is 1.30. The van der Waals surface area contributed by atoms with Crippen molar-refractivity contribution >= 4 is 5.82 Å². The average Bonchev–Trinajstić information content (AvgIpc) is 2.93. The smallest absolute Gasteiger partial charge is 0.129 e. The van der Waals surface area contributed by atoms with Crippen LogP contribution in [0, 0.1) is 11.3 Å². The first-order chi connectivity index (χ1) is 9.79. The van der Waals surface area contributed by atoms with E-state index in [4.69, 9.17) is 0 Å². The first-order valence-electron chi connectivity index (χ1n) is 7.62. The van der Waals surface area contributed by atoms with Gasteiger partial charge >= 0.3 is 0 Å². The van der Waals surface area contributed by atoms with E-state index >= 15 is 0 Å². The van der Waals surface area contributed by atoms with Gasteiger partial charge in [0.1, 0.15) is 11.9 Å². The Bertz CT molecular complexity index is 490. The summed E-state index contributed by atoms with van der Waals surface area (Å²) >= 11 is 0.